The molecule has 2 aromatic heterocycles. The van der Waals surface area contributed by atoms with Gasteiger partial charge in [0, 0.05) is 10.9 Å². The third-order valence-electron chi connectivity index (χ3n) is 2.89. The van der Waals surface area contributed by atoms with Crippen LogP contribution in [0.3, 0.4) is 0 Å². The smallest absolute Gasteiger partial charge is 0.309 e. The first kappa shape index (κ1) is 13.4. The van der Waals surface area contributed by atoms with Crippen molar-refractivity contribution >= 4 is 17.3 Å². The Morgan fingerprint density at radius 1 is 1.33 bits per heavy atom. The van der Waals surface area contributed by atoms with Crippen LogP contribution < -0.4 is 0 Å². The van der Waals surface area contributed by atoms with E-state index < -0.39 is 5.97 Å². The van der Waals surface area contributed by atoms with Gasteiger partial charge in [0.15, 0.2) is 0 Å². The normalized spacial score (nSPS) is 10.7. The molecule has 0 radical (unpaired) electrons. The minimum atomic E-state index is -0.936. The zero-order valence-corrected chi connectivity index (χ0v) is 12.0. The molecule has 106 valence electrons. The molecule has 6 nitrogen and oxygen atoms in total. The van der Waals surface area contributed by atoms with Gasteiger partial charge in [-0.25, -0.2) is 4.98 Å². The van der Waals surface area contributed by atoms with Crippen LogP contribution in [-0.4, -0.2) is 31.1 Å². The number of benzene rings is 1. The van der Waals surface area contributed by atoms with Crippen LogP contribution >= 0.6 is 11.3 Å². The zero-order valence-electron chi connectivity index (χ0n) is 11.2. The predicted octanol–water partition coefficient (Wildman–Crippen LogP) is 2.33. The van der Waals surface area contributed by atoms with Gasteiger partial charge in [0.25, 0.3) is 0 Å². The van der Waals surface area contributed by atoms with Crippen LogP contribution in [0, 0.1) is 6.92 Å². The summed E-state index contributed by atoms with van der Waals surface area (Å²) in [5, 5.41) is 19.7. The molecule has 0 amide bonds. The second kappa shape index (κ2) is 5.45. The molecule has 1 N–H and O–H groups in total. The molecule has 0 saturated carbocycles. The van der Waals surface area contributed by atoms with Crippen molar-refractivity contribution in [3.8, 4) is 16.4 Å². The summed E-state index contributed by atoms with van der Waals surface area (Å²) in [7, 11) is 0. The van der Waals surface area contributed by atoms with Gasteiger partial charge in [-0.2, -0.15) is 4.68 Å². The Balaban J connectivity index is 2.17. The number of carboxylic acids is 1. The van der Waals surface area contributed by atoms with E-state index in [1.165, 1.54) is 11.3 Å². The van der Waals surface area contributed by atoms with Crippen molar-refractivity contribution in [3.63, 3.8) is 0 Å². The summed E-state index contributed by atoms with van der Waals surface area (Å²) in [6, 6.07) is 9.50. The number of hydrogen-bond acceptors (Lipinski definition) is 5. The summed E-state index contributed by atoms with van der Waals surface area (Å²) in [6.07, 6.45) is -0.172. The van der Waals surface area contributed by atoms with Crippen LogP contribution in [0.15, 0.2) is 35.7 Å². The van der Waals surface area contributed by atoms with Crippen molar-refractivity contribution in [3.05, 3.63) is 47.1 Å². The monoisotopic (exact) mass is 300 g/mol. The second-order valence-electron chi connectivity index (χ2n) is 4.50. The molecule has 0 bridgehead atoms. The van der Waals surface area contributed by atoms with Crippen molar-refractivity contribution < 1.29 is 9.90 Å². The third kappa shape index (κ3) is 2.68. The molecule has 0 unspecified atom stereocenters. The average Bonchev–Trinajstić information content (AvgIpc) is 3.05. The topological polar surface area (TPSA) is 80.9 Å². The van der Waals surface area contributed by atoms with Gasteiger partial charge in [0.2, 0.25) is 5.13 Å². The molecule has 2 heterocycles. The highest BCUT2D eigenvalue weighted by molar-refractivity contribution is 7.12. The van der Waals surface area contributed by atoms with Gasteiger partial charge >= 0.3 is 5.97 Å². The Labute approximate surface area is 124 Å². The molecule has 21 heavy (non-hydrogen) atoms. The van der Waals surface area contributed by atoms with Gasteiger partial charge < -0.3 is 5.11 Å². The van der Waals surface area contributed by atoms with E-state index in [1.54, 1.807) is 4.68 Å². The largest absolute Gasteiger partial charge is 0.481 e. The minimum absolute atomic E-state index is 0.172. The molecule has 3 aromatic rings. The lowest BCUT2D eigenvalue weighted by Crippen LogP contribution is -2.04. The molecule has 0 aliphatic heterocycles. The van der Waals surface area contributed by atoms with Crippen molar-refractivity contribution in [1.82, 2.24) is 20.0 Å². The summed E-state index contributed by atoms with van der Waals surface area (Å²) in [6.45, 7) is 1.90. The maximum Gasteiger partial charge on any atom is 0.309 e. The molecule has 3 rings (SSSR count). The zero-order chi connectivity index (χ0) is 14.8. The number of aryl methyl sites for hydroxylation is 1. The number of aliphatic carboxylic acids is 1. The predicted molar refractivity (Wildman–Crippen MR) is 78.5 cm³/mol. The van der Waals surface area contributed by atoms with E-state index in [2.05, 4.69) is 15.3 Å². The molecule has 7 heteroatoms. The molecular weight excluding hydrogens is 288 g/mol. The van der Waals surface area contributed by atoms with Crippen molar-refractivity contribution in [2.24, 2.45) is 0 Å². The van der Waals surface area contributed by atoms with E-state index in [9.17, 15) is 4.79 Å². The van der Waals surface area contributed by atoms with Crippen molar-refractivity contribution in [1.29, 1.82) is 0 Å². The molecular formula is C14H12N4O2S. The number of carboxylic acid groups (broad SMARTS) is 1. The van der Waals surface area contributed by atoms with E-state index >= 15 is 0 Å². The highest BCUT2D eigenvalue weighted by Crippen LogP contribution is 2.26. The highest BCUT2D eigenvalue weighted by atomic mass is 32.1. The molecule has 0 saturated heterocycles. The SMILES string of the molecule is Cc1csc(-n2nnc(CC(=O)O)c2-c2ccccc2)n1. The molecule has 0 spiro atoms. The summed E-state index contributed by atoms with van der Waals surface area (Å²) in [5.41, 5.74) is 2.87. The summed E-state index contributed by atoms with van der Waals surface area (Å²) in [5.74, 6) is -0.936. The molecule has 1 aromatic carbocycles. The summed E-state index contributed by atoms with van der Waals surface area (Å²) >= 11 is 1.45. The number of carbonyl (C=O) groups is 1. The van der Waals surface area contributed by atoms with Crippen molar-refractivity contribution in [2.75, 3.05) is 0 Å². The van der Waals surface area contributed by atoms with Gasteiger partial charge in [-0.3, -0.25) is 4.79 Å². The van der Waals surface area contributed by atoms with Crippen LogP contribution in [0.1, 0.15) is 11.4 Å². The van der Waals surface area contributed by atoms with Gasteiger partial charge in [0.05, 0.1) is 12.1 Å². The minimum Gasteiger partial charge on any atom is -0.481 e. The Morgan fingerprint density at radius 3 is 2.71 bits per heavy atom. The second-order valence-corrected chi connectivity index (χ2v) is 5.34. The number of hydrogen-bond donors (Lipinski definition) is 1. The Hall–Kier alpha value is -2.54. The number of nitrogens with zero attached hydrogens (tertiary/aromatic N) is 4. The van der Waals surface area contributed by atoms with Crippen LogP contribution in [-0.2, 0) is 11.2 Å². The molecule has 0 atom stereocenters. The standard InChI is InChI=1S/C14H12N4O2S/c1-9-8-21-14(15-9)18-13(10-5-3-2-4-6-10)11(16-17-18)7-12(19)20/h2-6,8H,7H2,1H3,(H,19,20). The first-order chi connectivity index (χ1) is 10.1. The summed E-state index contributed by atoms with van der Waals surface area (Å²) < 4.78 is 1.60. The summed E-state index contributed by atoms with van der Waals surface area (Å²) in [4.78, 5) is 15.4. The highest BCUT2D eigenvalue weighted by Gasteiger charge is 2.19. The third-order valence-corrected chi connectivity index (χ3v) is 3.83. The van der Waals surface area contributed by atoms with Gasteiger partial charge in [0.1, 0.15) is 11.4 Å². The average molecular weight is 300 g/mol. The Bertz CT molecular complexity index is 779. The fraction of sp³-hybridized carbons (Fsp3) is 0.143. The fourth-order valence-electron chi connectivity index (χ4n) is 2.03. The Morgan fingerprint density at radius 2 is 2.10 bits per heavy atom. The number of rotatable bonds is 4. The Kier molecular flexibility index (Phi) is 3.49. The van der Waals surface area contributed by atoms with Crippen LogP contribution in [0.2, 0.25) is 0 Å². The van der Waals surface area contributed by atoms with Gasteiger partial charge in [-0.1, -0.05) is 35.5 Å². The molecule has 0 fully saturated rings. The molecule has 0 aliphatic rings. The fourth-order valence-corrected chi connectivity index (χ4v) is 2.79. The van der Waals surface area contributed by atoms with E-state index in [0.717, 1.165) is 11.3 Å². The quantitative estimate of drug-likeness (QED) is 0.799. The van der Waals surface area contributed by atoms with E-state index in [1.807, 2.05) is 42.6 Å². The maximum atomic E-state index is 11.0. The lowest BCUT2D eigenvalue weighted by molar-refractivity contribution is -0.136. The van der Waals surface area contributed by atoms with Crippen LogP contribution in [0.25, 0.3) is 16.4 Å². The first-order valence-corrected chi connectivity index (χ1v) is 7.17. The van der Waals surface area contributed by atoms with E-state index in [0.29, 0.717) is 16.5 Å². The number of thiazole rings is 1. The van der Waals surface area contributed by atoms with E-state index in [-0.39, 0.29) is 6.42 Å². The van der Waals surface area contributed by atoms with Crippen molar-refractivity contribution in [2.45, 2.75) is 13.3 Å². The van der Waals surface area contributed by atoms with Crippen LogP contribution in [0.4, 0.5) is 0 Å². The van der Waals surface area contributed by atoms with Gasteiger partial charge in [-0.05, 0) is 6.92 Å². The van der Waals surface area contributed by atoms with Gasteiger partial charge in [-0.15, -0.1) is 16.4 Å². The first-order valence-electron chi connectivity index (χ1n) is 6.29. The van der Waals surface area contributed by atoms with E-state index in [4.69, 9.17) is 5.11 Å². The van der Waals surface area contributed by atoms with Crippen LogP contribution in [0.5, 0.6) is 0 Å². The lowest BCUT2D eigenvalue weighted by Gasteiger charge is -2.05. The number of aromatic nitrogens is 4. The maximum absolute atomic E-state index is 11.0. The molecule has 0 aliphatic carbocycles. The lowest BCUT2D eigenvalue weighted by atomic mass is 10.1.